The van der Waals surface area contributed by atoms with Gasteiger partial charge in [0.1, 0.15) is 11.5 Å². The topological polar surface area (TPSA) is 58.3 Å². The van der Waals surface area contributed by atoms with Crippen molar-refractivity contribution in [3.63, 3.8) is 0 Å². The number of aromatic nitrogens is 1. The predicted molar refractivity (Wildman–Crippen MR) is 72.8 cm³/mol. The van der Waals surface area contributed by atoms with Crippen molar-refractivity contribution in [3.05, 3.63) is 46.8 Å². The first-order valence-corrected chi connectivity index (χ1v) is 6.77. The summed E-state index contributed by atoms with van der Waals surface area (Å²) in [6.45, 7) is 0.739. The summed E-state index contributed by atoms with van der Waals surface area (Å²) < 4.78 is 5.39. The third-order valence-electron chi connectivity index (χ3n) is 3.60. The summed E-state index contributed by atoms with van der Waals surface area (Å²) in [4.78, 5) is 0. The van der Waals surface area contributed by atoms with Gasteiger partial charge in [-0.25, -0.2) is 0 Å². The molecule has 1 aliphatic rings. The van der Waals surface area contributed by atoms with Crippen LogP contribution in [0.5, 0.6) is 0 Å². The summed E-state index contributed by atoms with van der Waals surface area (Å²) in [5.41, 5.74) is 4.22. The van der Waals surface area contributed by atoms with Gasteiger partial charge in [0.05, 0.1) is 13.2 Å². The summed E-state index contributed by atoms with van der Waals surface area (Å²) >= 11 is 0. The van der Waals surface area contributed by atoms with Crippen molar-refractivity contribution in [3.8, 4) is 0 Å². The zero-order valence-electron chi connectivity index (χ0n) is 10.9. The molecule has 0 bridgehead atoms. The van der Waals surface area contributed by atoms with Crippen LogP contribution in [-0.2, 0) is 26.0 Å². The summed E-state index contributed by atoms with van der Waals surface area (Å²) in [5, 5.41) is 16.6. The van der Waals surface area contributed by atoms with E-state index in [0.717, 1.165) is 35.5 Å². The minimum atomic E-state index is 0.0644. The fraction of sp³-hybridized carbons (Fsp3) is 0.400. The smallest absolute Gasteiger partial charge is 0.140 e. The second kappa shape index (κ2) is 5.45. The Kier molecular flexibility index (Phi) is 3.51. The molecule has 4 nitrogen and oxygen atoms in total. The molecule has 0 atom stereocenters. The number of benzene rings is 1. The summed E-state index contributed by atoms with van der Waals surface area (Å²) in [6.07, 6.45) is 4.52. The van der Waals surface area contributed by atoms with Crippen molar-refractivity contribution >= 4 is 5.69 Å². The number of aryl methyl sites for hydroxylation is 1. The molecule has 19 heavy (non-hydrogen) atoms. The maximum Gasteiger partial charge on any atom is 0.140 e. The molecule has 0 aliphatic heterocycles. The zero-order chi connectivity index (χ0) is 13.1. The molecule has 0 spiro atoms. The number of hydrogen-bond donors (Lipinski definition) is 2. The lowest BCUT2D eigenvalue weighted by Gasteiger charge is -2.10. The maximum atomic E-state index is 9.12. The van der Waals surface area contributed by atoms with Crippen LogP contribution in [0.4, 0.5) is 5.69 Å². The average molecular weight is 258 g/mol. The fourth-order valence-corrected chi connectivity index (χ4v) is 2.55. The molecule has 100 valence electrons. The molecule has 3 rings (SSSR count). The largest absolute Gasteiger partial charge is 0.392 e. The van der Waals surface area contributed by atoms with Gasteiger partial charge in [-0.3, -0.25) is 0 Å². The van der Waals surface area contributed by atoms with E-state index in [9.17, 15) is 0 Å². The Balaban J connectivity index is 1.70. The number of hydrogen-bond acceptors (Lipinski definition) is 4. The summed E-state index contributed by atoms with van der Waals surface area (Å²) in [5.74, 6) is 1.06. The van der Waals surface area contributed by atoms with E-state index in [-0.39, 0.29) is 6.61 Å². The molecule has 0 radical (unpaired) electrons. The number of aliphatic hydroxyl groups is 1. The third kappa shape index (κ3) is 2.63. The van der Waals surface area contributed by atoms with E-state index in [1.54, 1.807) is 0 Å². The molecule has 1 aliphatic carbocycles. The van der Waals surface area contributed by atoms with Gasteiger partial charge >= 0.3 is 0 Å². The lowest BCUT2D eigenvalue weighted by atomic mass is 9.96. The van der Waals surface area contributed by atoms with E-state index >= 15 is 0 Å². The van der Waals surface area contributed by atoms with Crippen LogP contribution < -0.4 is 5.32 Å². The first kappa shape index (κ1) is 12.2. The molecule has 0 saturated heterocycles. The molecular formula is C15H18N2O2. The van der Waals surface area contributed by atoms with Gasteiger partial charge in [0, 0.05) is 17.7 Å². The number of nitrogens with one attached hydrogen (secondary N) is 1. The molecule has 0 unspecified atom stereocenters. The highest BCUT2D eigenvalue weighted by Crippen LogP contribution is 2.24. The Morgan fingerprint density at radius 1 is 1.26 bits per heavy atom. The van der Waals surface area contributed by atoms with E-state index in [0.29, 0.717) is 6.54 Å². The molecule has 1 aromatic heterocycles. The van der Waals surface area contributed by atoms with Crippen LogP contribution in [0, 0.1) is 0 Å². The molecule has 0 saturated carbocycles. The van der Waals surface area contributed by atoms with Gasteiger partial charge in [0.15, 0.2) is 0 Å². The van der Waals surface area contributed by atoms with E-state index < -0.39 is 0 Å². The van der Waals surface area contributed by atoms with Crippen LogP contribution in [0.25, 0.3) is 0 Å². The van der Waals surface area contributed by atoms with Crippen LogP contribution in [0.2, 0.25) is 0 Å². The maximum absolute atomic E-state index is 9.12. The van der Waals surface area contributed by atoms with Gasteiger partial charge in [-0.15, -0.1) is 0 Å². The number of anilines is 1. The highest BCUT2D eigenvalue weighted by Gasteiger charge is 2.18. The van der Waals surface area contributed by atoms with E-state index in [2.05, 4.69) is 10.5 Å². The Morgan fingerprint density at radius 3 is 3.05 bits per heavy atom. The molecule has 2 N–H and O–H groups in total. The van der Waals surface area contributed by atoms with Gasteiger partial charge in [-0.2, -0.15) is 0 Å². The first-order valence-electron chi connectivity index (χ1n) is 6.77. The molecule has 0 fully saturated rings. The Bertz CT molecular complexity index is 563. The zero-order valence-corrected chi connectivity index (χ0v) is 10.9. The highest BCUT2D eigenvalue weighted by molar-refractivity contribution is 5.46. The molecule has 1 aromatic carbocycles. The van der Waals surface area contributed by atoms with Crippen molar-refractivity contribution in [2.45, 2.75) is 38.8 Å². The number of rotatable bonds is 4. The Hall–Kier alpha value is -1.81. The number of aliphatic hydroxyl groups excluding tert-OH is 1. The van der Waals surface area contributed by atoms with Crippen molar-refractivity contribution in [2.24, 2.45) is 0 Å². The van der Waals surface area contributed by atoms with Crippen LogP contribution >= 0.6 is 0 Å². The van der Waals surface area contributed by atoms with Gasteiger partial charge in [-0.05, 0) is 37.0 Å². The number of nitrogens with zero attached hydrogens (tertiary/aromatic N) is 1. The lowest BCUT2D eigenvalue weighted by molar-refractivity contribution is 0.282. The summed E-state index contributed by atoms with van der Waals surface area (Å²) in [7, 11) is 0. The standard InChI is InChI=1S/C15H18N2O2/c18-10-11-4-3-5-12(8-11)16-9-14-13-6-1-2-7-15(13)19-17-14/h3-5,8,16,18H,1-2,6-7,9-10H2. The quantitative estimate of drug-likeness (QED) is 0.885. The predicted octanol–water partition coefficient (Wildman–Crippen LogP) is 2.66. The average Bonchev–Trinajstić information content (AvgIpc) is 2.89. The Morgan fingerprint density at radius 2 is 2.16 bits per heavy atom. The van der Waals surface area contributed by atoms with Crippen LogP contribution in [0.15, 0.2) is 28.8 Å². The molecule has 1 heterocycles. The summed E-state index contributed by atoms with van der Waals surface area (Å²) in [6, 6.07) is 7.79. The fourth-order valence-electron chi connectivity index (χ4n) is 2.55. The molecule has 4 heteroatoms. The van der Waals surface area contributed by atoms with Crippen molar-refractivity contribution in [1.29, 1.82) is 0 Å². The van der Waals surface area contributed by atoms with E-state index in [1.165, 1.54) is 18.4 Å². The normalized spacial score (nSPS) is 14.2. The second-order valence-electron chi connectivity index (χ2n) is 4.95. The Labute approximate surface area is 112 Å². The van der Waals surface area contributed by atoms with Crippen molar-refractivity contribution in [2.75, 3.05) is 5.32 Å². The van der Waals surface area contributed by atoms with Gasteiger partial charge in [0.25, 0.3) is 0 Å². The van der Waals surface area contributed by atoms with Crippen molar-refractivity contribution in [1.82, 2.24) is 5.16 Å². The second-order valence-corrected chi connectivity index (χ2v) is 4.95. The SMILES string of the molecule is OCc1cccc(NCc2noc3c2CCCC3)c1. The number of fused-ring (bicyclic) bond motifs is 1. The minimum absolute atomic E-state index is 0.0644. The van der Waals surface area contributed by atoms with Crippen molar-refractivity contribution < 1.29 is 9.63 Å². The monoisotopic (exact) mass is 258 g/mol. The van der Waals surface area contributed by atoms with Gasteiger partial charge in [0.2, 0.25) is 0 Å². The molecule has 2 aromatic rings. The van der Waals surface area contributed by atoms with E-state index in [4.69, 9.17) is 9.63 Å². The van der Waals surface area contributed by atoms with E-state index in [1.807, 2.05) is 24.3 Å². The third-order valence-corrected chi connectivity index (χ3v) is 3.60. The highest BCUT2D eigenvalue weighted by atomic mass is 16.5. The van der Waals surface area contributed by atoms with Crippen LogP contribution in [-0.4, -0.2) is 10.3 Å². The first-order chi connectivity index (χ1) is 9.36. The lowest BCUT2D eigenvalue weighted by Crippen LogP contribution is -2.06. The minimum Gasteiger partial charge on any atom is -0.392 e. The van der Waals surface area contributed by atoms with Crippen LogP contribution in [0.1, 0.15) is 35.4 Å². The molecular weight excluding hydrogens is 240 g/mol. The van der Waals surface area contributed by atoms with Crippen LogP contribution in [0.3, 0.4) is 0 Å². The van der Waals surface area contributed by atoms with Gasteiger partial charge in [-0.1, -0.05) is 17.3 Å². The van der Waals surface area contributed by atoms with Gasteiger partial charge < -0.3 is 14.9 Å². The molecule has 0 amide bonds.